The van der Waals surface area contributed by atoms with Gasteiger partial charge in [0.25, 0.3) is 0 Å². The minimum atomic E-state index is -0.724. The van der Waals surface area contributed by atoms with Gasteiger partial charge in [-0.15, -0.1) is 0 Å². The Morgan fingerprint density at radius 1 is 1.47 bits per heavy atom. The Morgan fingerprint density at radius 2 is 2.21 bits per heavy atom. The number of aromatic nitrogens is 2. The summed E-state index contributed by atoms with van der Waals surface area (Å²) in [6.45, 7) is 6.44. The van der Waals surface area contributed by atoms with Crippen molar-refractivity contribution < 1.29 is 14.3 Å². The van der Waals surface area contributed by atoms with Gasteiger partial charge in [-0.25, -0.2) is 0 Å². The fourth-order valence-electron chi connectivity index (χ4n) is 2.56. The van der Waals surface area contributed by atoms with Crippen LogP contribution in [0.1, 0.15) is 43.6 Å². The highest BCUT2D eigenvalue weighted by atomic mass is 16.5. The smallest absolute Gasteiger partial charge is 0.212 e. The van der Waals surface area contributed by atoms with E-state index in [0.717, 1.165) is 13.0 Å². The van der Waals surface area contributed by atoms with E-state index >= 15 is 0 Å². The molecular weight excluding hydrogens is 244 g/mol. The van der Waals surface area contributed by atoms with E-state index < -0.39 is 5.60 Å². The zero-order valence-electron chi connectivity index (χ0n) is 11.7. The average Bonchev–Trinajstić information content (AvgIpc) is 2.88. The molecule has 2 rings (SSSR count). The Balaban J connectivity index is 2.25. The highest BCUT2D eigenvalue weighted by molar-refractivity contribution is 6.01. The summed E-state index contributed by atoms with van der Waals surface area (Å²) in [5.74, 6) is 0.0450. The van der Waals surface area contributed by atoms with Gasteiger partial charge in [-0.05, 0) is 19.4 Å². The number of hydrogen-bond acceptors (Lipinski definition) is 4. The minimum absolute atomic E-state index is 0.0450. The maximum Gasteiger partial charge on any atom is 0.212 e. The van der Waals surface area contributed by atoms with Crippen LogP contribution in [0.2, 0.25) is 0 Å². The van der Waals surface area contributed by atoms with Crippen molar-refractivity contribution >= 4 is 5.78 Å². The van der Waals surface area contributed by atoms with Gasteiger partial charge < -0.3 is 9.47 Å². The largest absolute Gasteiger partial charge is 0.381 e. The molecule has 19 heavy (non-hydrogen) atoms. The molecule has 106 valence electrons. The molecule has 0 amide bonds. The van der Waals surface area contributed by atoms with Crippen molar-refractivity contribution in [1.29, 1.82) is 0 Å². The molecule has 0 atom stereocenters. The lowest BCUT2D eigenvalue weighted by Crippen LogP contribution is -2.47. The molecule has 5 nitrogen and oxygen atoms in total. The SMILES string of the molecule is CCCn1nccc1C(=O)C1(OCC)CCOCC1. The van der Waals surface area contributed by atoms with Gasteiger partial charge >= 0.3 is 0 Å². The number of hydrogen-bond donors (Lipinski definition) is 0. The summed E-state index contributed by atoms with van der Waals surface area (Å²) in [4.78, 5) is 12.8. The number of ketones is 1. The molecule has 5 heteroatoms. The Hall–Kier alpha value is -1.20. The maximum atomic E-state index is 12.8. The quantitative estimate of drug-likeness (QED) is 0.740. The summed E-state index contributed by atoms with van der Waals surface area (Å²) in [5, 5.41) is 4.22. The summed E-state index contributed by atoms with van der Waals surface area (Å²) in [6.07, 6.45) is 3.88. The molecule has 1 aliphatic rings. The first-order chi connectivity index (χ1) is 9.23. The molecule has 1 aromatic heterocycles. The molecular formula is C14H22N2O3. The zero-order chi connectivity index (χ0) is 13.7. The summed E-state index contributed by atoms with van der Waals surface area (Å²) < 4.78 is 13.0. The Morgan fingerprint density at radius 3 is 2.84 bits per heavy atom. The van der Waals surface area contributed by atoms with E-state index in [-0.39, 0.29) is 5.78 Å². The monoisotopic (exact) mass is 266 g/mol. The van der Waals surface area contributed by atoms with E-state index in [9.17, 15) is 4.79 Å². The van der Waals surface area contributed by atoms with Crippen LogP contribution in [0, 0.1) is 0 Å². The lowest BCUT2D eigenvalue weighted by Gasteiger charge is -2.35. The van der Waals surface area contributed by atoms with E-state index in [4.69, 9.17) is 9.47 Å². The normalized spacial score (nSPS) is 18.4. The van der Waals surface area contributed by atoms with Crippen LogP contribution in [0.3, 0.4) is 0 Å². The second-order valence-electron chi connectivity index (χ2n) is 4.81. The molecule has 0 saturated carbocycles. The van der Waals surface area contributed by atoms with E-state index in [2.05, 4.69) is 12.0 Å². The molecule has 2 heterocycles. The summed E-state index contributed by atoms with van der Waals surface area (Å²) in [6, 6.07) is 1.79. The second kappa shape index (κ2) is 6.30. The fourth-order valence-corrected chi connectivity index (χ4v) is 2.56. The first-order valence-electron chi connectivity index (χ1n) is 7.02. The molecule has 1 fully saturated rings. The number of rotatable bonds is 6. The van der Waals surface area contributed by atoms with E-state index in [1.807, 2.05) is 6.92 Å². The Labute approximate surface area is 113 Å². The Kier molecular flexibility index (Phi) is 4.71. The molecule has 0 unspecified atom stereocenters. The number of carbonyl (C=O) groups is 1. The maximum absolute atomic E-state index is 12.8. The van der Waals surface area contributed by atoms with Crippen LogP contribution in [0.5, 0.6) is 0 Å². The molecule has 1 saturated heterocycles. The molecule has 0 N–H and O–H groups in total. The third kappa shape index (κ3) is 2.87. The first-order valence-corrected chi connectivity index (χ1v) is 7.02. The van der Waals surface area contributed by atoms with E-state index in [1.54, 1.807) is 16.9 Å². The van der Waals surface area contributed by atoms with Crippen LogP contribution in [0.25, 0.3) is 0 Å². The van der Waals surface area contributed by atoms with Crippen LogP contribution in [-0.4, -0.2) is 41.0 Å². The van der Waals surface area contributed by atoms with Crippen LogP contribution in [0.4, 0.5) is 0 Å². The lowest BCUT2D eigenvalue weighted by molar-refractivity contribution is -0.0826. The van der Waals surface area contributed by atoms with Crippen molar-refractivity contribution in [2.75, 3.05) is 19.8 Å². The van der Waals surface area contributed by atoms with Crippen molar-refractivity contribution in [2.45, 2.75) is 45.3 Å². The molecule has 1 aliphatic heterocycles. The number of ether oxygens (including phenoxy) is 2. The third-order valence-corrected chi connectivity index (χ3v) is 3.52. The van der Waals surface area contributed by atoms with Gasteiger partial charge in [0.15, 0.2) is 0 Å². The first kappa shape index (κ1) is 14.2. The predicted molar refractivity (Wildman–Crippen MR) is 71.3 cm³/mol. The number of carbonyl (C=O) groups excluding carboxylic acids is 1. The zero-order valence-corrected chi connectivity index (χ0v) is 11.7. The predicted octanol–water partition coefficient (Wildman–Crippen LogP) is 2.06. The highest BCUT2D eigenvalue weighted by Gasteiger charge is 2.42. The molecule has 1 aromatic rings. The van der Waals surface area contributed by atoms with Crippen molar-refractivity contribution in [2.24, 2.45) is 0 Å². The van der Waals surface area contributed by atoms with Crippen molar-refractivity contribution in [3.63, 3.8) is 0 Å². The minimum Gasteiger partial charge on any atom is -0.381 e. The van der Waals surface area contributed by atoms with Gasteiger partial charge in [-0.3, -0.25) is 9.48 Å². The molecule has 0 radical (unpaired) electrons. The van der Waals surface area contributed by atoms with Crippen LogP contribution < -0.4 is 0 Å². The van der Waals surface area contributed by atoms with Crippen LogP contribution in [-0.2, 0) is 16.0 Å². The van der Waals surface area contributed by atoms with Gasteiger partial charge in [-0.1, -0.05) is 6.92 Å². The highest BCUT2D eigenvalue weighted by Crippen LogP contribution is 2.29. The second-order valence-corrected chi connectivity index (χ2v) is 4.81. The van der Waals surface area contributed by atoms with Crippen molar-refractivity contribution in [1.82, 2.24) is 9.78 Å². The summed E-state index contributed by atoms with van der Waals surface area (Å²) >= 11 is 0. The molecule has 0 bridgehead atoms. The van der Waals surface area contributed by atoms with Gasteiger partial charge in [0.1, 0.15) is 11.3 Å². The Bertz CT molecular complexity index is 417. The van der Waals surface area contributed by atoms with Gasteiger partial charge in [-0.2, -0.15) is 5.10 Å². The van der Waals surface area contributed by atoms with Gasteiger partial charge in [0.2, 0.25) is 5.78 Å². The summed E-state index contributed by atoms with van der Waals surface area (Å²) in [5.41, 5.74) is -0.0735. The fraction of sp³-hybridized carbons (Fsp3) is 0.714. The van der Waals surface area contributed by atoms with E-state index in [0.29, 0.717) is 38.4 Å². The molecule has 0 aliphatic carbocycles. The number of nitrogens with zero attached hydrogens (tertiary/aromatic N) is 2. The molecule has 0 aromatic carbocycles. The van der Waals surface area contributed by atoms with Crippen molar-refractivity contribution in [3.05, 3.63) is 18.0 Å². The van der Waals surface area contributed by atoms with Crippen LogP contribution in [0.15, 0.2) is 12.3 Å². The van der Waals surface area contributed by atoms with Gasteiger partial charge in [0, 0.05) is 45.4 Å². The lowest BCUT2D eigenvalue weighted by atomic mass is 9.87. The number of Topliss-reactive ketones (excluding diaryl/α,β-unsaturated/α-hetero) is 1. The summed E-state index contributed by atoms with van der Waals surface area (Å²) in [7, 11) is 0. The van der Waals surface area contributed by atoms with Gasteiger partial charge in [0.05, 0.1) is 0 Å². The standard InChI is InChI=1S/C14H22N2O3/c1-3-9-16-12(5-8-15-16)13(17)14(19-4-2)6-10-18-11-7-14/h5,8H,3-4,6-7,9-11H2,1-2H3. The number of aryl methyl sites for hydroxylation is 1. The average molecular weight is 266 g/mol. The third-order valence-electron chi connectivity index (χ3n) is 3.52. The van der Waals surface area contributed by atoms with Crippen molar-refractivity contribution in [3.8, 4) is 0 Å². The topological polar surface area (TPSA) is 53.4 Å². The molecule has 0 spiro atoms. The van der Waals surface area contributed by atoms with Crippen LogP contribution >= 0.6 is 0 Å². The van der Waals surface area contributed by atoms with E-state index in [1.165, 1.54) is 0 Å².